The molecule has 22 heavy (non-hydrogen) atoms. The zero-order valence-electron chi connectivity index (χ0n) is 13.3. The van der Waals surface area contributed by atoms with Crippen LogP contribution in [-0.2, 0) is 16.1 Å². The van der Waals surface area contributed by atoms with E-state index in [1.165, 1.54) is 6.92 Å². The van der Waals surface area contributed by atoms with Crippen LogP contribution in [0.3, 0.4) is 0 Å². The molecule has 0 fully saturated rings. The molecule has 2 aromatic carbocycles. The third kappa shape index (κ3) is 3.31. The van der Waals surface area contributed by atoms with Crippen LogP contribution >= 0.6 is 0 Å². The highest BCUT2D eigenvalue weighted by Crippen LogP contribution is 2.39. The van der Waals surface area contributed by atoms with Gasteiger partial charge in [-0.2, -0.15) is 0 Å². The second-order valence-electron chi connectivity index (χ2n) is 4.71. The van der Waals surface area contributed by atoms with E-state index in [0.717, 1.165) is 16.3 Å². The average molecular weight is 304 g/mol. The lowest BCUT2D eigenvalue weighted by Gasteiger charge is -2.16. The standard InChI is InChI=1S/C17H20O5/c1-5-21-10-12-8-16(20-4)14-7-6-13(19-3)9-15(14)17(12)22-11(2)18/h6-9H,5,10H2,1-4H3. The molecule has 0 spiro atoms. The quantitative estimate of drug-likeness (QED) is 0.605. The summed E-state index contributed by atoms with van der Waals surface area (Å²) in [6.07, 6.45) is 0. The van der Waals surface area contributed by atoms with Gasteiger partial charge in [0.15, 0.2) is 0 Å². The lowest BCUT2D eigenvalue weighted by atomic mass is 10.0. The number of ether oxygens (including phenoxy) is 4. The van der Waals surface area contributed by atoms with E-state index in [9.17, 15) is 4.79 Å². The summed E-state index contributed by atoms with van der Waals surface area (Å²) in [7, 11) is 3.20. The molecule has 0 unspecified atom stereocenters. The second-order valence-corrected chi connectivity index (χ2v) is 4.71. The molecule has 0 bridgehead atoms. The van der Waals surface area contributed by atoms with E-state index in [1.807, 2.05) is 31.2 Å². The molecule has 5 nitrogen and oxygen atoms in total. The Kier molecular flexibility index (Phi) is 5.22. The third-order valence-corrected chi connectivity index (χ3v) is 3.26. The Morgan fingerprint density at radius 2 is 1.86 bits per heavy atom. The van der Waals surface area contributed by atoms with E-state index < -0.39 is 0 Å². The molecule has 0 radical (unpaired) electrons. The van der Waals surface area contributed by atoms with Crippen LogP contribution in [0, 0.1) is 0 Å². The molecule has 0 aromatic heterocycles. The van der Waals surface area contributed by atoms with Crippen molar-refractivity contribution in [3.8, 4) is 17.2 Å². The van der Waals surface area contributed by atoms with Gasteiger partial charge in [0.2, 0.25) is 0 Å². The van der Waals surface area contributed by atoms with Crippen LogP contribution in [-0.4, -0.2) is 26.8 Å². The number of esters is 1. The molecule has 0 saturated heterocycles. The summed E-state index contributed by atoms with van der Waals surface area (Å²) >= 11 is 0. The van der Waals surface area contributed by atoms with Crippen LogP contribution in [0.1, 0.15) is 19.4 Å². The molecule has 0 heterocycles. The molecule has 0 N–H and O–H groups in total. The van der Waals surface area contributed by atoms with E-state index in [-0.39, 0.29) is 5.97 Å². The fraction of sp³-hybridized carbons (Fsp3) is 0.353. The average Bonchev–Trinajstić information content (AvgIpc) is 2.53. The molecule has 0 saturated carbocycles. The number of rotatable bonds is 6. The third-order valence-electron chi connectivity index (χ3n) is 3.26. The molecule has 0 aliphatic heterocycles. The molecule has 118 valence electrons. The minimum atomic E-state index is -0.382. The van der Waals surface area contributed by atoms with Gasteiger partial charge >= 0.3 is 5.97 Å². The molecular weight excluding hydrogens is 284 g/mol. The summed E-state index contributed by atoms with van der Waals surface area (Å²) in [6, 6.07) is 7.38. The molecule has 0 aliphatic rings. The van der Waals surface area contributed by atoms with Crippen LogP contribution in [0.5, 0.6) is 17.2 Å². The first-order valence-corrected chi connectivity index (χ1v) is 7.04. The first-order chi connectivity index (χ1) is 10.6. The van der Waals surface area contributed by atoms with Crippen LogP contribution < -0.4 is 14.2 Å². The Labute approximate surface area is 129 Å². The highest BCUT2D eigenvalue weighted by molar-refractivity contribution is 5.96. The van der Waals surface area contributed by atoms with Gasteiger partial charge in [0.05, 0.1) is 20.8 Å². The molecule has 0 amide bonds. The van der Waals surface area contributed by atoms with Crippen LogP contribution in [0.4, 0.5) is 0 Å². The Hall–Kier alpha value is -2.27. The fourth-order valence-electron chi connectivity index (χ4n) is 2.28. The van der Waals surface area contributed by atoms with Crippen molar-refractivity contribution in [2.45, 2.75) is 20.5 Å². The highest BCUT2D eigenvalue weighted by atomic mass is 16.5. The maximum Gasteiger partial charge on any atom is 0.308 e. The SMILES string of the molecule is CCOCc1cc(OC)c2ccc(OC)cc2c1OC(C)=O. The number of hydrogen-bond donors (Lipinski definition) is 0. The Morgan fingerprint density at radius 3 is 2.45 bits per heavy atom. The Bertz CT molecular complexity index is 678. The van der Waals surface area contributed by atoms with Crippen molar-refractivity contribution in [2.24, 2.45) is 0 Å². The van der Waals surface area contributed by atoms with Gasteiger partial charge in [-0.15, -0.1) is 0 Å². The van der Waals surface area contributed by atoms with E-state index >= 15 is 0 Å². The number of hydrogen-bond acceptors (Lipinski definition) is 5. The van der Waals surface area contributed by atoms with Crippen molar-refractivity contribution < 1.29 is 23.7 Å². The van der Waals surface area contributed by atoms with E-state index in [0.29, 0.717) is 30.5 Å². The number of carbonyl (C=O) groups is 1. The van der Waals surface area contributed by atoms with Gasteiger partial charge in [0.1, 0.15) is 17.2 Å². The number of fused-ring (bicyclic) bond motifs is 1. The number of carbonyl (C=O) groups excluding carboxylic acids is 1. The summed E-state index contributed by atoms with van der Waals surface area (Å²) in [5, 5.41) is 1.60. The van der Waals surface area contributed by atoms with Crippen LogP contribution in [0.2, 0.25) is 0 Å². The van der Waals surface area contributed by atoms with Gasteiger partial charge in [-0.25, -0.2) is 0 Å². The number of methoxy groups -OCH3 is 2. The predicted molar refractivity (Wildman–Crippen MR) is 83.7 cm³/mol. The fourth-order valence-corrected chi connectivity index (χ4v) is 2.28. The van der Waals surface area contributed by atoms with Crippen molar-refractivity contribution in [1.29, 1.82) is 0 Å². The van der Waals surface area contributed by atoms with E-state index in [4.69, 9.17) is 18.9 Å². The van der Waals surface area contributed by atoms with Gasteiger partial charge in [0, 0.05) is 29.9 Å². The summed E-state index contributed by atoms with van der Waals surface area (Å²) in [5.74, 6) is 1.47. The zero-order chi connectivity index (χ0) is 16.1. The lowest BCUT2D eigenvalue weighted by molar-refractivity contribution is -0.131. The predicted octanol–water partition coefficient (Wildman–Crippen LogP) is 3.32. The minimum Gasteiger partial charge on any atom is -0.497 e. The van der Waals surface area contributed by atoms with Gasteiger partial charge in [-0.05, 0) is 31.2 Å². The van der Waals surface area contributed by atoms with Gasteiger partial charge in [-0.1, -0.05) is 0 Å². The summed E-state index contributed by atoms with van der Waals surface area (Å²) in [6.45, 7) is 4.19. The van der Waals surface area contributed by atoms with E-state index in [2.05, 4.69) is 0 Å². The topological polar surface area (TPSA) is 54.0 Å². The van der Waals surface area contributed by atoms with Crippen molar-refractivity contribution in [2.75, 3.05) is 20.8 Å². The highest BCUT2D eigenvalue weighted by Gasteiger charge is 2.16. The molecule has 0 aliphatic carbocycles. The summed E-state index contributed by atoms with van der Waals surface area (Å²) < 4.78 is 21.6. The van der Waals surface area contributed by atoms with Crippen molar-refractivity contribution in [3.05, 3.63) is 29.8 Å². The summed E-state index contributed by atoms with van der Waals surface area (Å²) in [5.41, 5.74) is 0.759. The normalized spacial score (nSPS) is 10.5. The first-order valence-electron chi connectivity index (χ1n) is 7.04. The van der Waals surface area contributed by atoms with Crippen molar-refractivity contribution >= 4 is 16.7 Å². The Morgan fingerprint density at radius 1 is 1.09 bits per heavy atom. The number of benzene rings is 2. The van der Waals surface area contributed by atoms with Gasteiger partial charge < -0.3 is 18.9 Å². The molecular formula is C17H20O5. The molecule has 0 atom stereocenters. The largest absolute Gasteiger partial charge is 0.497 e. The van der Waals surface area contributed by atoms with Crippen molar-refractivity contribution in [1.82, 2.24) is 0 Å². The zero-order valence-corrected chi connectivity index (χ0v) is 13.3. The molecule has 2 rings (SSSR count). The van der Waals surface area contributed by atoms with Gasteiger partial charge in [-0.3, -0.25) is 4.79 Å². The molecule has 5 heteroatoms. The Balaban J connectivity index is 2.71. The van der Waals surface area contributed by atoms with Gasteiger partial charge in [0.25, 0.3) is 0 Å². The van der Waals surface area contributed by atoms with Crippen molar-refractivity contribution in [3.63, 3.8) is 0 Å². The molecule has 2 aromatic rings. The lowest BCUT2D eigenvalue weighted by Crippen LogP contribution is -2.06. The maximum absolute atomic E-state index is 11.5. The van der Waals surface area contributed by atoms with Crippen LogP contribution in [0.25, 0.3) is 10.8 Å². The maximum atomic E-state index is 11.5. The first kappa shape index (κ1) is 16.1. The van der Waals surface area contributed by atoms with E-state index in [1.54, 1.807) is 14.2 Å². The summed E-state index contributed by atoms with van der Waals surface area (Å²) in [4.78, 5) is 11.5. The second kappa shape index (κ2) is 7.13. The monoisotopic (exact) mass is 304 g/mol. The minimum absolute atomic E-state index is 0.336. The smallest absolute Gasteiger partial charge is 0.308 e. The van der Waals surface area contributed by atoms with Crippen LogP contribution in [0.15, 0.2) is 24.3 Å².